The summed E-state index contributed by atoms with van der Waals surface area (Å²) >= 11 is -10.6. The van der Waals surface area contributed by atoms with Crippen LogP contribution in [0.2, 0.25) is 0 Å². The Hall–Kier alpha value is -3.13. The van der Waals surface area contributed by atoms with Crippen LogP contribution in [-0.4, -0.2) is 43.3 Å². The van der Waals surface area contributed by atoms with Gasteiger partial charge in [0.1, 0.15) is 0 Å². The minimum absolute atomic E-state index is 1.27. The van der Waals surface area contributed by atoms with Gasteiger partial charge in [0, 0.05) is 0 Å². The summed E-state index contributed by atoms with van der Waals surface area (Å²) in [4.78, 5) is 0. The Bertz CT molecular complexity index is 2180. The molecule has 0 spiro atoms. The van der Waals surface area contributed by atoms with Crippen LogP contribution in [0.4, 0.5) is 0 Å². The van der Waals surface area contributed by atoms with Crippen LogP contribution in [0.15, 0.2) is 72.8 Å². The average molecular weight is 965 g/mol. The van der Waals surface area contributed by atoms with Gasteiger partial charge in [-0.25, -0.2) is 0 Å². The number of benzene rings is 6. The molecule has 0 fully saturated rings. The van der Waals surface area contributed by atoms with Gasteiger partial charge in [0.05, 0.1) is 0 Å². The minimum atomic E-state index is -4.59. The van der Waals surface area contributed by atoms with Crippen molar-refractivity contribution in [3.63, 3.8) is 0 Å². The van der Waals surface area contributed by atoms with E-state index in [2.05, 4.69) is 197 Å². The van der Waals surface area contributed by atoms with E-state index in [0.29, 0.717) is 0 Å². The van der Waals surface area contributed by atoms with Crippen molar-refractivity contribution in [3.8, 4) is 0 Å². The average Bonchev–Trinajstić information content (AvgIpc) is 3.05. The summed E-state index contributed by atoms with van der Waals surface area (Å²) in [5.41, 5.74) is 23.5. The second-order valence-electron chi connectivity index (χ2n) is 18.1. The van der Waals surface area contributed by atoms with Crippen LogP contribution >= 0.6 is 0 Å². The zero-order valence-electron chi connectivity index (χ0n) is 39.2. The Kier molecular flexibility index (Phi) is 13.6. The third kappa shape index (κ3) is 8.95. The SMILES string of the molecule is Cc1cc(C)[c]([Ge]([O][Ge]([O][Ge]([c]2c(C)cc(C)cc2C)[c]2c(C)cc(C)cc2C)([c]2c(C)cc(C)cc2C)[c]2c(C)cc(C)cc2C)[c]2c(C)cc(C)cc2C)c(C)c1. The molecule has 0 saturated carbocycles. The van der Waals surface area contributed by atoms with Gasteiger partial charge < -0.3 is 0 Å². The topological polar surface area (TPSA) is 18.5 Å². The monoisotopic (exact) mass is 968 g/mol. The van der Waals surface area contributed by atoms with E-state index in [9.17, 15) is 0 Å². The molecule has 0 N–H and O–H groups in total. The van der Waals surface area contributed by atoms with Crippen LogP contribution in [-0.2, 0) is 5.58 Å². The first-order valence-corrected chi connectivity index (χ1v) is 31.0. The summed E-state index contributed by atoms with van der Waals surface area (Å²) in [7, 11) is 0. The molecule has 59 heavy (non-hydrogen) atoms. The Balaban J connectivity index is 1.88. The van der Waals surface area contributed by atoms with Crippen LogP contribution < -0.4 is 26.4 Å². The van der Waals surface area contributed by atoms with E-state index in [4.69, 9.17) is 5.58 Å². The second kappa shape index (κ2) is 17.7. The summed E-state index contributed by atoms with van der Waals surface area (Å²) in [6.07, 6.45) is 0. The molecule has 6 aromatic rings. The Morgan fingerprint density at radius 1 is 0.254 bits per heavy atom. The number of hydrogen-bond donors (Lipinski definition) is 0. The van der Waals surface area contributed by atoms with Gasteiger partial charge in [0.2, 0.25) is 0 Å². The van der Waals surface area contributed by atoms with Gasteiger partial charge in [-0.15, -0.1) is 0 Å². The molecule has 306 valence electrons. The molecule has 6 aromatic carbocycles. The molecular formula is C54H66Ge3O2. The molecular weight excluding hydrogens is 898 g/mol. The molecule has 2 radical (unpaired) electrons. The van der Waals surface area contributed by atoms with Crippen LogP contribution in [0.1, 0.15) is 100 Å². The first-order chi connectivity index (χ1) is 27.6. The van der Waals surface area contributed by atoms with Crippen molar-refractivity contribution >= 4 is 69.7 Å². The molecule has 0 amide bonds. The molecule has 0 bridgehead atoms. The van der Waals surface area contributed by atoms with Crippen LogP contribution in [0, 0.1) is 125 Å². The fourth-order valence-corrected chi connectivity index (χ4v) is 45.4. The van der Waals surface area contributed by atoms with E-state index in [1.54, 1.807) is 0 Å². The molecule has 0 aromatic heterocycles. The van der Waals surface area contributed by atoms with E-state index in [1.807, 2.05) is 0 Å². The van der Waals surface area contributed by atoms with Crippen molar-refractivity contribution < 1.29 is 5.58 Å². The molecule has 0 aliphatic heterocycles. The molecule has 6 rings (SSSR count). The molecule has 0 atom stereocenters. The van der Waals surface area contributed by atoms with Crippen molar-refractivity contribution in [1.82, 2.24) is 0 Å². The van der Waals surface area contributed by atoms with Crippen LogP contribution in [0.25, 0.3) is 0 Å². The predicted octanol–water partition coefficient (Wildman–Crippen LogP) is 9.44. The van der Waals surface area contributed by atoms with Crippen molar-refractivity contribution in [2.45, 2.75) is 125 Å². The zero-order valence-corrected chi connectivity index (χ0v) is 45.5. The number of hydrogen-bond acceptors (Lipinski definition) is 2. The third-order valence-corrected chi connectivity index (χ3v) is 41.4. The molecule has 0 unspecified atom stereocenters. The molecule has 0 aliphatic rings. The maximum atomic E-state index is 8.84. The zero-order chi connectivity index (χ0) is 43.4. The van der Waals surface area contributed by atoms with Gasteiger partial charge in [0.25, 0.3) is 0 Å². The van der Waals surface area contributed by atoms with Crippen LogP contribution in [0.3, 0.4) is 0 Å². The molecule has 5 heteroatoms. The van der Waals surface area contributed by atoms with E-state index >= 15 is 0 Å². The summed E-state index contributed by atoms with van der Waals surface area (Å²) in [6.45, 7) is 41.3. The number of rotatable bonds is 10. The third-order valence-electron chi connectivity index (χ3n) is 12.1. The molecule has 0 saturated heterocycles. The van der Waals surface area contributed by atoms with Gasteiger partial charge >= 0.3 is 373 Å². The van der Waals surface area contributed by atoms with Crippen LogP contribution in [0.5, 0.6) is 0 Å². The molecule has 0 heterocycles. The quantitative estimate of drug-likeness (QED) is 0.128. The summed E-state index contributed by atoms with van der Waals surface area (Å²) in [5.74, 6) is 0. The normalized spacial score (nSPS) is 12.0. The van der Waals surface area contributed by atoms with Gasteiger partial charge in [-0.05, 0) is 0 Å². The summed E-state index contributed by atoms with van der Waals surface area (Å²) < 4.78 is 26.0. The van der Waals surface area contributed by atoms with Crippen molar-refractivity contribution in [3.05, 3.63) is 173 Å². The predicted molar refractivity (Wildman–Crippen MR) is 261 cm³/mol. The molecule has 2 nitrogen and oxygen atoms in total. The van der Waals surface area contributed by atoms with E-state index in [1.165, 1.54) is 127 Å². The Labute approximate surface area is 370 Å². The summed E-state index contributed by atoms with van der Waals surface area (Å²) in [6, 6.07) is 28.6. The van der Waals surface area contributed by atoms with Crippen molar-refractivity contribution in [2.24, 2.45) is 0 Å². The van der Waals surface area contributed by atoms with E-state index < -0.39 is 43.3 Å². The van der Waals surface area contributed by atoms with Gasteiger partial charge in [-0.3, -0.25) is 0 Å². The van der Waals surface area contributed by atoms with Gasteiger partial charge in [-0.1, -0.05) is 0 Å². The van der Waals surface area contributed by atoms with E-state index in [0.717, 1.165) is 0 Å². The van der Waals surface area contributed by atoms with Crippen molar-refractivity contribution in [2.75, 3.05) is 0 Å². The number of aryl methyl sites for hydroxylation is 18. The second-order valence-corrected chi connectivity index (χ2v) is 35.1. The first-order valence-electron chi connectivity index (χ1n) is 21.2. The standard InChI is InChI=1S/C54H66Ge3O2/c1-31-19-37(7)49(38(8)20-31)55(50-39(9)21-32(2)22-40(50)10)58-57(53-45(15)27-35(5)28-46(53)16,54-47(17)29-36(6)30-48(54)18)59-56(51-41(11)23-33(3)24-42(51)12)52-43(13)25-34(4)26-44(52)14/h19-30H,1-18H3. The fourth-order valence-electron chi connectivity index (χ4n) is 10.6. The maximum absolute atomic E-state index is 8.84. The van der Waals surface area contributed by atoms with Crippen molar-refractivity contribution in [1.29, 1.82) is 0 Å². The first kappa shape index (κ1) is 45.4. The molecule has 0 aliphatic carbocycles. The summed E-state index contributed by atoms with van der Waals surface area (Å²) in [5, 5.41) is 0. The Morgan fingerprint density at radius 3 is 0.576 bits per heavy atom. The fraction of sp³-hybridized carbons (Fsp3) is 0.333. The van der Waals surface area contributed by atoms with Gasteiger partial charge in [-0.2, -0.15) is 0 Å². The Morgan fingerprint density at radius 2 is 0.407 bits per heavy atom. The van der Waals surface area contributed by atoms with Gasteiger partial charge in [0.15, 0.2) is 0 Å². The van der Waals surface area contributed by atoms with E-state index in [-0.39, 0.29) is 0 Å².